The molecule has 1 N–H and O–H groups in total. The van der Waals surface area contributed by atoms with Crippen LogP contribution in [0.1, 0.15) is 53.2 Å². The van der Waals surface area contributed by atoms with E-state index in [2.05, 4.69) is 5.32 Å². The van der Waals surface area contributed by atoms with Crippen LogP contribution in [-0.4, -0.2) is 39.2 Å². The van der Waals surface area contributed by atoms with E-state index in [0.717, 1.165) is 31.2 Å². The van der Waals surface area contributed by atoms with Crippen LogP contribution in [0.5, 0.6) is 17.2 Å². The second kappa shape index (κ2) is 12.0. The van der Waals surface area contributed by atoms with Crippen LogP contribution in [0.4, 0.5) is 10.1 Å². The molecule has 38 heavy (non-hydrogen) atoms. The number of hydrogen-bond donors (Lipinski definition) is 1. The molecule has 0 heterocycles. The Morgan fingerprint density at radius 1 is 0.895 bits per heavy atom. The smallest absolute Gasteiger partial charge is 0.259 e. The third-order valence-corrected chi connectivity index (χ3v) is 6.84. The van der Waals surface area contributed by atoms with Crippen LogP contribution in [0, 0.1) is 12.7 Å². The van der Waals surface area contributed by atoms with Gasteiger partial charge >= 0.3 is 0 Å². The number of hydrogen-bond acceptors (Lipinski definition) is 5. The van der Waals surface area contributed by atoms with Crippen molar-refractivity contribution in [3.8, 4) is 17.2 Å². The Balaban J connectivity index is 1.87. The minimum atomic E-state index is -1.05. The fraction of sp³-hybridized carbons (Fsp3) is 0.333. The molecule has 0 saturated heterocycles. The van der Waals surface area contributed by atoms with Gasteiger partial charge in [0.25, 0.3) is 5.91 Å². The zero-order valence-corrected chi connectivity index (χ0v) is 22.1. The largest absolute Gasteiger partial charge is 0.493 e. The standard InChI is InChI=1S/C30H33FN2O5/c1-19-9-15-24(16-10-19)33(30(35)21-17-25(36-2)28(38-4)26(18-21)37-3)27(20-11-13-22(31)14-12-20)29(34)32-23-7-5-6-8-23/h9-18,23,27H,5-8H2,1-4H3,(H,32,34). The molecule has 0 radical (unpaired) electrons. The third kappa shape index (κ3) is 5.74. The molecule has 1 unspecified atom stereocenters. The summed E-state index contributed by atoms with van der Waals surface area (Å²) in [7, 11) is 4.43. The lowest BCUT2D eigenvalue weighted by molar-refractivity contribution is -0.123. The Morgan fingerprint density at radius 3 is 2.00 bits per heavy atom. The molecule has 0 bridgehead atoms. The summed E-state index contributed by atoms with van der Waals surface area (Å²) in [6, 6.07) is 15.1. The average molecular weight is 521 g/mol. The van der Waals surface area contributed by atoms with Crippen LogP contribution in [-0.2, 0) is 4.79 Å². The minimum absolute atomic E-state index is 0.0293. The number of ether oxygens (including phenoxy) is 3. The molecule has 8 heteroatoms. The number of carbonyl (C=O) groups excluding carboxylic acids is 2. The van der Waals surface area contributed by atoms with Crippen molar-refractivity contribution < 1.29 is 28.2 Å². The Bertz CT molecular complexity index is 1250. The van der Waals surface area contributed by atoms with Gasteiger partial charge in [-0.15, -0.1) is 0 Å². The van der Waals surface area contributed by atoms with Crippen molar-refractivity contribution in [2.24, 2.45) is 0 Å². The van der Waals surface area contributed by atoms with Gasteiger partial charge in [0, 0.05) is 17.3 Å². The van der Waals surface area contributed by atoms with Crippen LogP contribution < -0.4 is 24.4 Å². The van der Waals surface area contributed by atoms with E-state index < -0.39 is 17.8 Å². The summed E-state index contributed by atoms with van der Waals surface area (Å²) >= 11 is 0. The second-order valence-electron chi connectivity index (χ2n) is 9.37. The van der Waals surface area contributed by atoms with Crippen molar-refractivity contribution in [1.29, 1.82) is 0 Å². The fourth-order valence-corrected chi connectivity index (χ4v) is 4.85. The van der Waals surface area contributed by atoms with Crippen LogP contribution >= 0.6 is 0 Å². The van der Waals surface area contributed by atoms with Crippen molar-refractivity contribution in [2.45, 2.75) is 44.7 Å². The third-order valence-electron chi connectivity index (χ3n) is 6.84. The number of rotatable bonds is 9. The molecule has 2 amide bonds. The average Bonchev–Trinajstić information content (AvgIpc) is 3.44. The van der Waals surface area contributed by atoms with E-state index in [4.69, 9.17) is 14.2 Å². The SMILES string of the molecule is COc1cc(C(=O)N(c2ccc(C)cc2)C(C(=O)NC2CCCC2)c2ccc(F)cc2)cc(OC)c1OC. The van der Waals surface area contributed by atoms with Gasteiger partial charge in [-0.25, -0.2) is 4.39 Å². The van der Waals surface area contributed by atoms with Crippen molar-refractivity contribution in [1.82, 2.24) is 5.32 Å². The molecule has 0 spiro atoms. The monoisotopic (exact) mass is 520 g/mol. The summed E-state index contributed by atoms with van der Waals surface area (Å²) in [5.74, 6) is -0.237. The molecule has 7 nitrogen and oxygen atoms in total. The summed E-state index contributed by atoms with van der Waals surface area (Å²) in [5.41, 5.74) is 2.25. The van der Waals surface area contributed by atoms with Crippen LogP contribution in [0.15, 0.2) is 60.7 Å². The highest BCUT2D eigenvalue weighted by Gasteiger charge is 2.35. The lowest BCUT2D eigenvalue weighted by Crippen LogP contribution is -2.46. The first-order chi connectivity index (χ1) is 18.4. The zero-order chi connectivity index (χ0) is 27.2. The molecule has 200 valence electrons. The predicted molar refractivity (Wildman–Crippen MR) is 144 cm³/mol. The lowest BCUT2D eigenvalue weighted by Gasteiger charge is -2.32. The maximum absolute atomic E-state index is 14.3. The van der Waals surface area contributed by atoms with E-state index in [1.54, 1.807) is 24.3 Å². The Labute approximate surface area is 222 Å². The number of aryl methyl sites for hydroxylation is 1. The van der Waals surface area contributed by atoms with Crippen LogP contribution in [0.25, 0.3) is 0 Å². The number of carbonyl (C=O) groups is 2. The molecule has 1 fully saturated rings. The van der Waals surface area contributed by atoms with E-state index in [1.807, 2.05) is 19.1 Å². The van der Waals surface area contributed by atoms with E-state index in [0.29, 0.717) is 28.5 Å². The maximum Gasteiger partial charge on any atom is 0.259 e. The quantitative estimate of drug-likeness (QED) is 0.397. The highest BCUT2D eigenvalue weighted by Crippen LogP contribution is 2.40. The molecular weight excluding hydrogens is 487 g/mol. The Hall–Kier alpha value is -4.07. The number of nitrogens with one attached hydrogen (secondary N) is 1. The number of nitrogens with zero attached hydrogens (tertiary/aromatic N) is 1. The summed E-state index contributed by atoms with van der Waals surface area (Å²) in [6.07, 6.45) is 3.84. The van der Waals surface area contributed by atoms with Gasteiger partial charge in [-0.05, 0) is 61.7 Å². The van der Waals surface area contributed by atoms with Crippen molar-refractivity contribution in [3.63, 3.8) is 0 Å². The normalized spacial score (nSPS) is 14.0. The van der Waals surface area contributed by atoms with E-state index >= 15 is 0 Å². The zero-order valence-electron chi connectivity index (χ0n) is 22.1. The van der Waals surface area contributed by atoms with E-state index in [1.165, 1.54) is 50.5 Å². The molecule has 1 aliphatic carbocycles. The molecule has 1 saturated carbocycles. The molecule has 0 aliphatic heterocycles. The van der Waals surface area contributed by atoms with Gasteiger partial charge < -0.3 is 19.5 Å². The van der Waals surface area contributed by atoms with Crippen LogP contribution in [0.2, 0.25) is 0 Å². The first-order valence-electron chi connectivity index (χ1n) is 12.6. The van der Waals surface area contributed by atoms with Gasteiger partial charge in [0.15, 0.2) is 11.5 Å². The molecular formula is C30H33FN2O5. The summed E-state index contributed by atoms with van der Waals surface area (Å²) in [6.45, 7) is 1.94. The fourth-order valence-electron chi connectivity index (χ4n) is 4.85. The minimum Gasteiger partial charge on any atom is -0.493 e. The van der Waals surface area contributed by atoms with Gasteiger partial charge in [0.2, 0.25) is 11.7 Å². The highest BCUT2D eigenvalue weighted by atomic mass is 19.1. The van der Waals surface area contributed by atoms with Crippen molar-refractivity contribution >= 4 is 17.5 Å². The van der Waals surface area contributed by atoms with Gasteiger partial charge in [0.05, 0.1) is 21.3 Å². The van der Waals surface area contributed by atoms with Gasteiger partial charge in [-0.3, -0.25) is 14.5 Å². The Kier molecular flexibility index (Phi) is 8.51. The summed E-state index contributed by atoms with van der Waals surface area (Å²) in [5, 5.41) is 3.13. The van der Waals surface area contributed by atoms with Gasteiger partial charge in [-0.2, -0.15) is 0 Å². The predicted octanol–water partition coefficient (Wildman–Crippen LogP) is 5.61. The lowest BCUT2D eigenvalue weighted by atomic mass is 10.0. The molecule has 1 atom stereocenters. The molecule has 3 aromatic carbocycles. The van der Waals surface area contributed by atoms with Crippen molar-refractivity contribution in [2.75, 3.05) is 26.2 Å². The number of amides is 2. The molecule has 1 aliphatic rings. The first-order valence-corrected chi connectivity index (χ1v) is 12.6. The first kappa shape index (κ1) is 27.0. The number of methoxy groups -OCH3 is 3. The number of anilines is 1. The van der Waals surface area contributed by atoms with E-state index in [9.17, 15) is 14.0 Å². The topological polar surface area (TPSA) is 77.1 Å². The Morgan fingerprint density at radius 2 is 1.47 bits per heavy atom. The van der Waals surface area contributed by atoms with Gasteiger partial charge in [-0.1, -0.05) is 42.7 Å². The maximum atomic E-state index is 14.3. The van der Waals surface area contributed by atoms with Gasteiger partial charge in [0.1, 0.15) is 11.9 Å². The molecule has 4 rings (SSSR count). The molecule has 3 aromatic rings. The summed E-state index contributed by atoms with van der Waals surface area (Å²) < 4.78 is 30.2. The number of halogens is 1. The van der Waals surface area contributed by atoms with E-state index in [-0.39, 0.29) is 17.5 Å². The number of benzene rings is 3. The van der Waals surface area contributed by atoms with Crippen LogP contribution in [0.3, 0.4) is 0 Å². The highest BCUT2D eigenvalue weighted by molar-refractivity contribution is 6.10. The molecule has 0 aromatic heterocycles. The van der Waals surface area contributed by atoms with Crippen molar-refractivity contribution in [3.05, 3.63) is 83.2 Å². The summed E-state index contributed by atoms with van der Waals surface area (Å²) in [4.78, 5) is 29.6. The second-order valence-corrected chi connectivity index (χ2v) is 9.37.